The molecule has 2 aromatic heterocycles. The van der Waals surface area contributed by atoms with Crippen molar-refractivity contribution in [2.75, 3.05) is 0 Å². The number of fused-ring (bicyclic) bond motifs is 3. The quantitative estimate of drug-likeness (QED) is 0.734. The predicted octanol–water partition coefficient (Wildman–Crippen LogP) is 2.43. The van der Waals surface area contributed by atoms with Gasteiger partial charge in [0.1, 0.15) is 18.5 Å². The van der Waals surface area contributed by atoms with Gasteiger partial charge in [0.15, 0.2) is 11.9 Å². The molecule has 0 aliphatic carbocycles. The molecule has 8 nitrogen and oxygen atoms in total. The van der Waals surface area contributed by atoms with Crippen molar-refractivity contribution in [1.29, 1.82) is 0 Å². The lowest BCUT2D eigenvalue weighted by Gasteiger charge is -2.28. The van der Waals surface area contributed by atoms with Crippen LogP contribution in [0.4, 0.5) is 10.2 Å². The van der Waals surface area contributed by atoms with E-state index in [2.05, 4.69) is 20.3 Å². The zero-order valence-electron chi connectivity index (χ0n) is 12.9. The minimum absolute atomic E-state index is 0.252. The monoisotopic (exact) mass is 337 g/mol. The number of aliphatic imine (C=N–C) groups is 1. The highest BCUT2D eigenvalue weighted by Crippen LogP contribution is 2.36. The van der Waals surface area contributed by atoms with Gasteiger partial charge in [-0.2, -0.15) is 5.10 Å². The number of nitrogens with zero attached hydrogens (tertiary/aromatic N) is 7. The lowest BCUT2D eigenvalue weighted by Crippen LogP contribution is -2.33. The van der Waals surface area contributed by atoms with Gasteiger partial charge in [0.25, 0.3) is 0 Å². The Morgan fingerprint density at radius 1 is 1.08 bits per heavy atom. The zero-order valence-corrected chi connectivity index (χ0v) is 12.9. The molecule has 0 bridgehead atoms. The van der Waals surface area contributed by atoms with Crippen LogP contribution in [0.3, 0.4) is 0 Å². The SMILES string of the molecule is Fc1ccccc1CN1C=NN2C=Nc3nn(-c4ccco4)nc3C12. The highest BCUT2D eigenvalue weighted by molar-refractivity contribution is 5.71. The predicted molar refractivity (Wildman–Crippen MR) is 86.8 cm³/mol. The molecule has 9 heteroatoms. The van der Waals surface area contributed by atoms with Crippen molar-refractivity contribution in [3.05, 3.63) is 59.7 Å². The number of aromatic nitrogens is 3. The maximum atomic E-state index is 14.0. The fourth-order valence-corrected chi connectivity index (χ4v) is 2.90. The van der Waals surface area contributed by atoms with Crippen molar-refractivity contribution in [1.82, 2.24) is 24.9 Å². The lowest BCUT2D eigenvalue weighted by atomic mass is 10.2. The zero-order chi connectivity index (χ0) is 16.8. The van der Waals surface area contributed by atoms with Crippen molar-refractivity contribution < 1.29 is 8.81 Å². The summed E-state index contributed by atoms with van der Waals surface area (Å²) in [6.45, 7) is 0.359. The molecule has 3 aromatic rings. The minimum Gasteiger partial charge on any atom is -0.445 e. The van der Waals surface area contributed by atoms with Crippen molar-refractivity contribution in [3.63, 3.8) is 0 Å². The summed E-state index contributed by atoms with van der Waals surface area (Å²) in [5.41, 5.74) is 1.21. The molecule has 0 saturated carbocycles. The first kappa shape index (κ1) is 13.9. The molecule has 0 radical (unpaired) electrons. The number of hydrogen-bond acceptors (Lipinski definition) is 7. The van der Waals surface area contributed by atoms with E-state index in [1.807, 2.05) is 11.0 Å². The minimum atomic E-state index is -0.323. The Hall–Kier alpha value is -3.49. The second-order valence-corrected chi connectivity index (χ2v) is 5.64. The van der Waals surface area contributed by atoms with Crippen molar-refractivity contribution in [2.45, 2.75) is 12.7 Å². The van der Waals surface area contributed by atoms with Gasteiger partial charge >= 0.3 is 0 Å². The van der Waals surface area contributed by atoms with E-state index in [-0.39, 0.29) is 12.0 Å². The van der Waals surface area contributed by atoms with E-state index in [4.69, 9.17) is 4.42 Å². The van der Waals surface area contributed by atoms with Gasteiger partial charge in [-0.3, -0.25) is 0 Å². The van der Waals surface area contributed by atoms with Gasteiger partial charge in [-0.25, -0.2) is 14.4 Å². The molecule has 0 N–H and O–H groups in total. The Morgan fingerprint density at radius 3 is 2.84 bits per heavy atom. The molecule has 124 valence electrons. The van der Waals surface area contributed by atoms with Crippen LogP contribution in [-0.2, 0) is 6.54 Å². The smallest absolute Gasteiger partial charge is 0.238 e. The topological polar surface area (TPSA) is 75.1 Å². The molecule has 0 saturated heterocycles. The van der Waals surface area contributed by atoms with Gasteiger partial charge in [0, 0.05) is 18.2 Å². The summed E-state index contributed by atoms with van der Waals surface area (Å²) in [5.74, 6) is 0.732. The first-order chi connectivity index (χ1) is 12.3. The third-order valence-electron chi connectivity index (χ3n) is 4.08. The second-order valence-electron chi connectivity index (χ2n) is 5.64. The summed E-state index contributed by atoms with van der Waals surface area (Å²) < 4.78 is 19.3. The molecule has 1 unspecified atom stereocenters. The molecule has 1 atom stereocenters. The molecule has 0 spiro atoms. The number of rotatable bonds is 3. The molecule has 25 heavy (non-hydrogen) atoms. The Balaban J connectivity index is 1.50. The van der Waals surface area contributed by atoms with E-state index in [9.17, 15) is 4.39 Å². The van der Waals surface area contributed by atoms with E-state index in [0.717, 1.165) is 0 Å². The summed E-state index contributed by atoms with van der Waals surface area (Å²) in [5, 5.41) is 14.8. The fraction of sp³-hybridized carbons (Fsp3) is 0.125. The van der Waals surface area contributed by atoms with Crippen LogP contribution in [0, 0.1) is 5.82 Å². The third kappa shape index (κ3) is 2.20. The molecule has 5 rings (SSSR count). The standard InChI is InChI=1S/C16H12FN7O/c17-12-5-2-1-4-11(12)8-22-10-19-23-9-18-15-14(16(22)23)20-24(21-15)13-6-3-7-25-13/h1-7,9-10,16H,8H2. The van der Waals surface area contributed by atoms with Crippen LogP contribution in [-0.4, -0.2) is 37.6 Å². The van der Waals surface area contributed by atoms with Crippen LogP contribution in [0.15, 0.2) is 57.2 Å². The summed E-state index contributed by atoms with van der Waals surface area (Å²) in [4.78, 5) is 7.56. The number of halogens is 1. The van der Waals surface area contributed by atoms with E-state index in [1.165, 1.54) is 10.9 Å². The van der Waals surface area contributed by atoms with Crippen LogP contribution in [0.25, 0.3) is 5.88 Å². The summed E-state index contributed by atoms with van der Waals surface area (Å²) >= 11 is 0. The molecule has 2 aliphatic rings. The Morgan fingerprint density at radius 2 is 2.00 bits per heavy atom. The van der Waals surface area contributed by atoms with Gasteiger partial charge in [-0.1, -0.05) is 18.2 Å². The molecular weight excluding hydrogens is 325 g/mol. The fourth-order valence-electron chi connectivity index (χ4n) is 2.90. The first-order valence-electron chi connectivity index (χ1n) is 7.66. The molecule has 0 fully saturated rings. The van der Waals surface area contributed by atoms with Gasteiger partial charge in [-0.15, -0.1) is 15.0 Å². The molecule has 0 amide bonds. The van der Waals surface area contributed by atoms with E-state index in [1.54, 1.807) is 48.2 Å². The van der Waals surface area contributed by atoms with Gasteiger partial charge in [-0.05, 0) is 12.1 Å². The van der Waals surface area contributed by atoms with E-state index >= 15 is 0 Å². The maximum Gasteiger partial charge on any atom is 0.238 e. The van der Waals surface area contributed by atoms with E-state index in [0.29, 0.717) is 29.5 Å². The molecular formula is C16H12FN7O. The highest BCUT2D eigenvalue weighted by Gasteiger charge is 2.37. The van der Waals surface area contributed by atoms with Gasteiger partial charge in [0.05, 0.1) is 6.26 Å². The number of furan rings is 1. The summed E-state index contributed by atoms with van der Waals surface area (Å²) in [6, 6.07) is 10.2. The highest BCUT2D eigenvalue weighted by atomic mass is 19.1. The molecule has 1 aromatic carbocycles. The van der Waals surface area contributed by atoms with Gasteiger partial charge < -0.3 is 9.32 Å². The van der Waals surface area contributed by atoms with Crippen LogP contribution in [0.2, 0.25) is 0 Å². The van der Waals surface area contributed by atoms with Gasteiger partial charge in [0.2, 0.25) is 11.7 Å². The Labute approximate surface area is 141 Å². The summed E-state index contributed by atoms with van der Waals surface area (Å²) in [7, 11) is 0. The van der Waals surface area contributed by atoms with Crippen molar-refractivity contribution in [2.24, 2.45) is 10.1 Å². The molecule has 2 aliphatic heterocycles. The van der Waals surface area contributed by atoms with Crippen LogP contribution >= 0.6 is 0 Å². The second kappa shape index (κ2) is 5.26. The normalized spacial score (nSPS) is 17.9. The Bertz CT molecular complexity index is 978. The van der Waals surface area contributed by atoms with Crippen molar-refractivity contribution in [3.8, 4) is 5.88 Å². The van der Waals surface area contributed by atoms with Crippen LogP contribution in [0.1, 0.15) is 17.4 Å². The van der Waals surface area contributed by atoms with Crippen LogP contribution in [0.5, 0.6) is 0 Å². The average Bonchev–Trinajstić information content (AvgIpc) is 3.35. The Kier molecular flexibility index (Phi) is 2.93. The lowest BCUT2D eigenvalue weighted by molar-refractivity contribution is 0.197. The largest absolute Gasteiger partial charge is 0.445 e. The third-order valence-corrected chi connectivity index (χ3v) is 4.08. The average molecular weight is 337 g/mol. The number of hydrogen-bond donors (Lipinski definition) is 0. The maximum absolute atomic E-state index is 14.0. The number of hydrazone groups is 1. The van der Waals surface area contributed by atoms with Crippen LogP contribution < -0.4 is 0 Å². The molecule has 4 heterocycles. The van der Waals surface area contributed by atoms with E-state index < -0.39 is 0 Å². The first-order valence-corrected chi connectivity index (χ1v) is 7.66. The number of benzene rings is 1. The summed E-state index contributed by atoms with van der Waals surface area (Å²) in [6.07, 6.45) is 4.47. The van der Waals surface area contributed by atoms with Crippen molar-refractivity contribution >= 4 is 18.5 Å².